The lowest BCUT2D eigenvalue weighted by atomic mass is 10.1. The number of aromatic hydroxyl groups is 1. The molecule has 38 heavy (non-hydrogen) atoms. The molecule has 6 aromatic rings. The highest BCUT2D eigenvalue weighted by Gasteiger charge is 2.17. The van der Waals surface area contributed by atoms with Crippen LogP contribution < -0.4 is 11.2 Å². The molecule has 0 bridgehead atoms. The largest absolute Gasteiger partial charge is 0.508 e. The predicted octanol–water partition coefficient (Wildman–Crippen LogP) is 6.59. The van der Waals surface area contributed by atoms with Crippen LogP contribution in [0.15, 0.2) is 104 Å². The first-order chi connectivity index (χ1) is 18.4. The van der Waals surface area contributed by atoms with Crippen LogP contribution in [0, 0.1) is 6.92 Å². The molecule has 0 saturated carbocycles. The molecule has 0 spiro atoms. The number of aromatic nitrogens is 2. The van der Waals surface area contributed by atoms with Crippen LogP contribution in [0.3, 0.4) is 0 Å². The van der Waals surface area contributed by atoms with Gasteiger partial charge in [0.05, 0.1) is 12.1 Å². The second-order valence-electron chi connectivity index (χ2n) is 9.02. The highest BCUT2D eigenvalue weighted by Crippen LogP contribution is 2.33. The molecule has 1 N–H and O–H groups in total. The Labute approximate surface area is 225 Å². The van der Waals surface area contributed by atoms with Crippen molar-refractivity contribution in [3.8, 4) is 16.2 Å². The Hall–Kier alpha value is -4.14. The van der Waals surface area contributed by atoms with Crippen LogP contribution in [0.1, 0.15) is 16.7 Å². The zero-order chi connectivity index (χ0) is 26.2. The summed E-state index contributed by atoms with van der Waals surface area (Å²) in [4.78, 5) is 31.9. The minimum Gasteiger partial charge on any atom is -0.508 e. The molecule has 0 aliphatic carbocycles. The van der Waals surface area contributed by atoms with E-state index in [0.717, 1.165) is 27.0 Å². The average Bonchev–Trinajstić information content (AvgIpc) is 3.34. The number of nitrogens with zero attached hydrogens (tertiary/aromatic N) is 2. The van der Waals surface area contributed by atoms with Gasteiger partial charge in [0.2, 0.25) is 0 Å². The van der Waals surface area contributed by atoms with Gasteiger partial charge in [-0.3, -0.25) is 9.36 Å². The molecule has 0 atom stereocenters. The Balaban J connectivity index is 1.44. The first kappa shape index (κ1) is 24.2. The van der Waals surface area contributed by atoms with E-state index >= 15 is 0 Å². The third kappa shape index (κ3) is 4.76. The summed E-state index contributed by atoms with van der Waals surface area (Å²) in [7, 11) is 0. The Bertz CT molecular complexity index is 1910. The summed E-state index contributed by atoms with van der Waals surface area (Å²) in [5, 5.41) is 11.1. The van der Waals surface area contributed by atoms with Gasteiger partial charge in [-0.15, -0.1) is 11.3 Å². The number of hydrogen-bond acceptors (Lipinski definition) is 7. The Morgan fingerprint density at radius 3 is 2.55 bits per heavy atom. The van der Waals surface area contributed by atoms with E-state index in [2.05, 4.69) is 24.3 Å². The van der Waals surface area contributed by atoms with Crippen molar-refractivity contribution in [2.75, 3.05) is 0 Å². The highest BCUT2D eigenvalue weighted by atomic mass is 32.2. The van der Waals surface area contributed by atoms with Crippen LogP contribution in [0.4, 0.5) is 0 Å². The average molecular weight is 539 g/mol. The Morgan fingerprint density at radius 1 is 0.974 bits per heavy atom. The molecular weight excluding hydrogens is 516 g/mol. The van der Waals surface area contributed by atoms with Gasteiger partial charge in [0.15, 0.2) is 5.16 Å². The van der Waals surface area contributed by atoms with Crippen molar-refractivity contribution in [2.24, 2.45) is 0 Å². The second-order valence-corrected chi connectivity index (χ2v) is 11.0. The van der Waals surface area contributed by atoms with E-state index in [-0.39, 0.29) is 11.3 Å². The monoisotopic (exact) mass is 538 g/mol. The van der Waals surface area contributed by atoms with E-state index in [1.54, 1.807) is 16.7 Å². The summed E-state index contributed by atoms with van der Waals surface area (Å²) < 4.78 is 7.59. The summed E-state index contributed by atoms with van der Waals surface area (Å²) >= 11 is 2.85. The van der Waals surface area contributed by atoms with Gasteiger partial charge >= 0.3 is 5.63 Å². The van der Waals surface area contributed by atoms with Crippen LogP contribution in [0.2, 0.25) is 0 Å². The molecule has 0 aliphatic heterocycles. The van der Waals surface area contributed by atoms with E-state index in [9.17, 15) is 14.7 Å². The van der Waals surface area contributed by atoms with Gasteiger partial charge in [0.1, 0.15) is 16.0 Å². The van der Waals surface area contributed by atoms with Crippen LogP contribution in [0.25, 0.3) is 31.6 Å². The van der Waals surface area contributed by atoms with Gasteiger partial charge in [-0.2, -0.15) is 0 Å². The molecule has 188 valence electrons. The van der Waals surface area contributed by atoms with Gasteiger partial charge in [0.25, 0.3) is 5.56 Å². The van der Waals surface area contributed by atoms with E-state index < -0.39 is 5.63 Å². The quantitative estimate of drug-likeness (QED) is 0.146. The molecule has 8 heteroatoms. The summed E-state index contributed by atoms with van der Waals surface area (Å²) in [5.41, 5.74) is 4.35. The smallest absolute Gasteiger partial charge is 0.336 e. The number of fused-ring (bicyclic) bond motifs is 2. The zero-order valence-electron chi connectivity index (χ0n) is 20.4. The van der Waals surface area contributed by atoms with Crippen molar-refractivity contribution in [1.29, 1.82) is 0 Å². The third-order valence-electron chi connectivity index (χ3n) is 6.29. The third-order valence-corrected chi connectivity index (χ3v) is 8.48. The zero-order valence-corrected chi connectivity index (χ0v) is 22.0. The van der Waals surface area contributed by atoms with Gasteiger partial charge < -0.3 is 9.52 Å². The number of rotatable bonds is 6. The fourth-order valence-electron chi connectivity index (χ4n) is 4.35. The first-order valence-corrected chi connectivity index (χ1v) is 13.8. The van der Waals surface area contributed by atoms with Crippen LogP contribution in [0.5, 0.6) is 5.75 Å². The van der Waals surface area contributed by atoms with Crippen molar-refractivity contribution >= 4 is 44.3 Å². The van der Waals surface area contributed by atoms with Gasteiger partial charge in [-0.05, 0) is 41.8 Å². The normalized spacial score (nSPS) is 11.4. The predicted molar refractivity (Wildman–Crippen MR) is 153 cm³/mol. The number of thiophene rings is 1. The minimum absolute atomic E-state index is 0.0242. The van der Waals surface area contributed by atoms with Gasteiger partial charge in [0, 0.05) is 28.1 Å². The van der Waals surface area contributed by atoms with E-state index in [1.807, 2.05) is 43.3 Å². The summed E-state index contributed by atoms with van der Waals surface area (Å²) in [6.45, 7) is 2.43. The molecule has 0 aliphatic rings. The topological polar surface area (TPSA) is 85.3 Å². The van der Waals surface area contributed by atoms with E-state index in [1.165, 1.54) is 40.8 Å². The fourth-order valence-corrected chi connectivity index (χ4v) is 6.39. The molecule has 3 aromatic carbocycles. The number of aryl methyl sites for hydroxylation is 1. The minimum atomic E-state index is -0.496. The molecular formula is C30H22N2O4S2. The fraction of sp³-hybridized carbons (Fsp3) is 0.100. The van der Waals surface area contributed by atoms with Crippen molar-refractivity contribution in [1.82, 2.24) is 9.55 Å². The number of phenols is 1. The Morgan fingerprint density at radius 2 is 1.76 bits per heavy atom. The summed E-state index contributed by atoms with van der Waals surface area (Å²) in [6.07, 6.45) is 0. The number of benzene rings is 3. The molecule has 0 unspecified atom stereocenters. The number of thioether (sulfide) groups is 1. The SMILES string of the molecule is Cc1ccc(-c2cc3nc(SCc4cc(=O)oc5cc(O)ccc45)n(Cc4ccccc4)c(=O)c3s2)cc1. The molecule has 0 saturated heterocycles. The van der Waals surface area contributed by atoms with Crippen molar-refractivity contribution in [2.45, 2.75) is 24.4 Å². The first-order valence-electron chi connectivity index (χ1n) is 12.0. The molecule has 3 aromatic heterocycles. The highest BCUT2D eigenvalue weighted by molar-refractivity contribution is 7.98. The summed E-state index contributed by atoms with van der Waals surface area (Å²) in [5.74, 6) is 0.422. The van der Waals surface area contributed by atoms with Crippen LogP contribution in [-0.2, 0) is 12.3 Å². The van der Waals surface area contributed by atoms with Crippen molar-refractivity contribution in [3.63, 3.8) is 0 Å². The van der Waals surface area contributed by atoms with Crippen LogP contribution >= 0.6 is 23.1 Å². The lowest BCUT2D eigenvalue weighted by Gasteiger charge is -2.12. The Kier molecular flexibility index (Phi) is 6.35. The van der Waals surface area contributed by atoms with Gasteiger partial charge in [-0.1, -0.05) is 71.9 Å². The number of hydrogen-bond donors (Lipinski definition) is 1. The molecule has 6 rings (SSSR count). The molecule has 0 radical (unpaired) electrons. The number of phenolic OH excluding ortho intramolecular Hbond substituents is 1. The molecule has 3 heterocycles. The van der Waals surface area contributed by atoms with Crippen molar-refractivity contribution in [3.05, 3.63) is 122 Å². The maximum Gasteiger partial charge on any atom is 0.336 e. The maximum absolute atomic E-state index is 13.8. The standard InChI is InChI=1S/C30H22N2O4S2/c1-18-7-9-20(10-8-18)26-15-24-28(38-26)29(35)32(16-19-5-3-2-4-6-19)30(31-24)37-17-21-13-27(34)36-25-14-22(33)11-12-23(21)25/h2-15,33H,16-17H2,1H3. The van der Waals surface area contributed by atoms with E-state index in [0.29, 0.717) is 33.3 Å². The maximum atomic E-state index is 13.8. The molecule has 0 amide bonds. The van der Waals surface area contributed by atoms with E-state index in [4.69, 9.17) is 9.40 Å². The van der Waals surface area contributed by atoms with Gasteiger partial charge in [-0.25, -0.2) is 9.78 Å². The summed E-state index contributed by atoms with van der Waals surface area (Å²) in [6, 6.07) is 26.2. The second kappa shape index (κ2) is 9.96. The molecule has 6 nitrogen and oxygen atoms in total. The lowest BCUT2D eigenvalue weighted by Crippen LogP contribution is -2.23. The molecule has 0 fully saturated rings. The van der Waals surface area contributed by atoms with Crippen LogP contribution in [-0.4, -0.2) is 14.7 Å². The lowest BCUT2D eigenvalue weighted by molar-refractivity contribution is 0.473. The van der Waals surface area contributed by atoms with Crippen molar-refractivity contribution < 1.29 is 9.52 Å².